The Morgan fingerprint density at radius 1 is 1.27 bits per heavy atom. The fourth-order valence-corrected chi connectivity index (χ4v) is 5.12. The largest absolute Gasteiger partial charge is 0.489 e. The van der Waals surface area contributed by atoms with E-state index in [9.17, 15) is 36.2 Å². The molecule has 1 aliphatic rings. The zero-order valence-corrected chi connectivity index (χ0v) is 20.7. The van der Waals surface area contributed by atoms with Gasteiger partial charge in [0.2, 0.25) is 10.0 Å². The van der Waals surface area contributed by atoms with Crippen LogP contribution in [0.15, 0.2) is 35.4 Å². The van der Waals surface area contributed by atoms with Gasteiger partial charge in [-0.25, -0.2) is 12.8 Å². The Bertz CT molecular complexity index is 1260. The minimum atomic E-state index is -4.75. The average molecular weight is 548 g/mol. The molecule has 202 valence electrons. The summed E-state index contributed by atoms with van der Waals surface area (Å²) in [4.78, 5) is 2.63. The molecule has 37 heavy (non-hydrogen) atoms. The molecule has 1 fully saturated rings. The van der Waals surface area contributed by atoms with Crippen LogP contribution in [0.5, 0.6) is 11.5 Å². The zero-order valence-electron chi connectivity index (χ0n) is 19.9. The third-order valence-corrected chi connectivity index (χ3v) is 7.53. The van der Waals surface area contributed by atoms with E-state index >= 15 is 0 Å². The number of hydrogen-bond acceptors (Lipinski definition) is 8. The molecule has 2 heterocycles. The summed E-state index contributed by atoms with van der Waals surface area (Å²) in [6.07, 6.45) is -4.18. The Balaban J connectivity index is 1.82. The molecule has 2 N–H and O–H groups in total. The Morgan fingerprint density at radius 3 is 2.49 bits per heavy atom. The molecule has 0 spiro atoms. The number of nitriles is 1. The van der Waals surface area contributed by atoms with Crippen LogP contribution in [0.4, 0.5) is 17.6 Å². The van der Waals surface area contributed by atoms with Crippen LogP contribution >= 0.6 is 0 Å². The summed E-state index contributed by atoms with van der Waals surface area (Å²) in [5.74, 6) is -1.82. The first-order valence-electron chi connectivity index (χ1n) is 11.1. The monoisotopic (exact) mass is 547 g/mol. The first kappa shape index (κ1) is 28.6. The number of benzene rings is 1. The molecule has 2 aromatic rings. The van der Waals surface area contributed by atoms with Crippen molar-refractivity contribution in [1.82, 2.24) is 9.29 Å². The molecule has 1 aromatic carbocycles. The summed E-state index contributed by atoms with van der Waals surface area (Å²) in [6, 6.07) is 5.07. The van der Waals surface area contributed by atoms with E-state index in [1.807, 2.05) is 13.8 Å². The molecule has 0 bridgehead atoms. The van der Waals surface area contributed by atoms with Crippen LogP contribution in [-0.4, -0.2) is 66.4 Å². The van der Waals surface area contributed by atoms with Crippen LogP contribution < -0.4 is 9.47 Å². The van der Waals surface area contributed by atoms with Crippen LogP contribution in [0.2, 0.25) is 0 Å². The van der Waals surface area contributed by atoms with E-state index < -0.39 is 57.3 Å². The fraction of sp³-hybridized carbons (Fsp3) is 0.478. The van der Waals surface area contributed by atoms with Gasteiger partial charge in [0.1, 0.15) is 28.1 Å². The van der Waals surface area contributed by atoms with Crippen molar-refractivity contribution in [3.8, 4) is 17.6 Å². The molecular formula is C23H25F4N3O6S. The van der Waals surface area contributed by atoms with Crippen LogP contribution in [0.3, 0.4) is 0 Å². The smallest absolute Gasteiger partial charge is 0.433 e. The molecule has 1 aromatic heterocycles. The van der Waals surface area contributed by atoms with E-state index in [0.717, 1.165) is 22.5 Å². The van der Waals surface area contributed by atoms with Crippen LogP contribution in [-0.2, 0) is 16.2 Å². The Kier molecular flexibility index (Phi) is 8.33. The van der Waals surface area contributed by atoms with Gasteiger partial charge in [-0.05, 0) is 18.1 Å². The number of halogens is 4. The number of pyridine rings is 1. The van der Waals surface area contributed by atoms with Gasteiger partial charge >= 0.3 is 6.18 Å². The van der Waals surface area contributed by atoms with E-state index in [4.69, 9.17) is 14.7 Å². The second-order valence-corrected chi connectivity index (χ2v) is 11.0. The molecule has 0 aliphatic carbocycles. The van der Waals surface area contributed by atoms with Gasteiger partial charge < -0.3 is 19.7 Å². The van der Waals surface area contributed by atoms with Gasteiger partial charge in [-0.1, -0.05) is 13.8 Å². The predicted molar refractivity (Wildman–Crippen MR) is 120 cm³/mol. The van der Waals surface area contributed by atoms with E-state index in [2.05, 4.69) is 4.98 Å². The Morgan fingerprint density at radius 2 is 1.95 bits per heavy atom. The van der Waals surface area contributed by atoms with Crippen molar-refractivity contribution in [2.24, 2.45) is 11.8 Å². The summed E-state index contributed by atoms with van der Waals surface area (Å²) < 4.78 is 90.7. The maximum absolute atomic E-state index is 14.2. The summed E-state index contributed by atoms with van der Waals surface area (Å²) in [5.41, 5.74) is -3.51. The number of nitrogens with zero attached hydrogens (tertiary/aromatic N) is 3. The van der Waals surface area contributed by atoms with Gasteiger partial charge in [0, 0.05) is 37.3 Å². The number of ether oxygens (including phenoxy) is 2. The van der Waals surface area contributed by atoms with Crippen LogP contribution in [0.25, 0.3) is 0 Å². The Labute approximate surface area is 210 Å². The maximum atomic E-state index is 14.2. The van der Waals surface area contributed by atoms with Crippen molar-refractivity contribution >= 4 is 10.0 Å². The highest BCUT2D eigenvalue weighted by molar-refractivity contribution is 7.89. The van der Waals surface area contributed by atoms with Crippen LogP contribution in [0, 0.1) is 29.0 Å². The molecule has 3 rings (SSSR count). The minimum absolute atomic E-state index is 0.0671. The SMILES string of the molecule is CC(C)COc1cc(C#N)c(F)cc1OCC1CN(S(=O)(=O)c2ccc(C(F)(F)F)nc2)C[C@@]1(O)CO. The number of sulfonamides is 1. The van der Waals surface area contributed by atoms with E-state index in [-0.39, 0.29) is 42.7 Å². The topological polar surface area (TPSA) is 133 Å². The number of hydrogen-bond donors (Lipinski definition) is 2. The van der Waals surface area contributed by atoms with Crippen molar-refractivity contribution in [3.63, 3.8) is 0 Å². The standard InChI is InChI=1S/C23H25F4N3O6S/c1-14(2)10-35-19-5-15(7-28)18(24)6-20(19)36-11-16-9-30(12-22(16,32)13-31)37(33,34)17-3-4-21(29-8-17)23(25,26)27/h3-6,8,14,16,31-32H,9-13H2,1-2H3/t16?,22-/m1/s1. The molecule has 1 saturated heterocycles. The molecule has 0 radical (unpaired) electrons. The molecule has 0 saturated carbocycles. The minimum Gasteiger partial charge on any atom is -0.489 e. The molecule has 9 nitrogen and oxygen atoms in total. The van der Waals surface area contributed by atoms with Gasteiger partial charge in [0.15, 0.2) is 11.5 Å². The van der Waals surface area contributed by atoms with E-state index in [0.29, 0.717) is 12.3 Å². The van der Waals surface area contributed by atoms with Crippen molar-refractivity contribution in [3.05, 3.63) is 47.5 Å². The summed E-state index contributed by atoms with van der Waals surface area (Å²) in [7, 11) is -4.38. The lowest BCUT2D eigenvalue weighted by Gasteiger charge is -2.27. The first-order valence-corrected chi connectivity index (χ1v) is 12.5. The average Bonchev–Trinajstić information content (AvgIpc) is 3.19. The highest BCUT2D eigenvalue weighted by Crippen LogP contribution is 2.36. The van der Waals surface area contributed by atoms with Gasteiger partial charge in [0.25, 0.3) is 0 Å². The number of aliphatic hydroxyl groups is 2. The molecule has 2 atom stereocenters. The number of alkyl halides is 3. The lowest BCUT2D eigenvalue weighted by atomic mass is 9.92. The second-order valence-electron chi connectivity index (χ2n) is 9.04. The highest BCUT2D eigenvalue weighted by atomic mass is 32.2. The number of rotatable bonds is 9. The van der Waals surface area contributed by atoms with Gasteiger partial charge in [0.05, 0.1) is 25.4 Å². The van der Waals surface area contributed by atoms with Crippen LogP contribution in [0.1, 0.15) is 25.1 Å². The zero-order chi connectivity index (χ0) is 27.6. The number of aliphatic hydroxyl groups excluding tert-OH is 1. The number of aromatic nitrogens is 1. The Hall–Kier alpha value is -2.99. The first-order chi connectivity index (χ1) is 17.2. The highest BCUT2D eigenvalue weighted by Gasteiger charge is 2.49. The molecule has 1 unspecified atom stereocenters. The van der Waals surface area contributed by atoms with E-state index in [1.165, 1.54) is 0 Å². The van der Waals surface area contributed by atoms with Gasteiger partial charge in [-0.15, -0.1) is 0 Å². The summed E-state index contributed by atoms with van der Waals surface area (Å²) >= 11 is 0. The molecule has 0 amide bonds. The third-order valence-electron chi connectivity index (χ3n) is 5.74. The quantitative estimate of drug-likeness (QED) is 0.458. The predicted octanol–water partition coefficient (Wildman–Crippen LogP) is 2.57. The summed E-state index contributed by atoms with van der Waals surface area (Å²) in [6.45, 7) is 1.81. The van der Waals surface area contributed by atoms with Crippen molar-refractivity contribution < 1.29 is 45.7 Å². The van der Waals surface area contributed by atoms with Crippen molar-refractivity contribution in [2.45, 2.75) is 30.5 Å². The van der Waals surface area contributed by atoms with Crippen molar-refractivity contribution in [2.75, 3.05) is 32.9 Å². The van der Waals surface area contributed by atoms with Gasteiger partial charge in [-0.3, -0.25) is 4.98 Å². The second kappa shape index (κ2) is 10.8. The third kappa shape index (κ3) is 6.30. The normalized spacial score (nSPS) is 20.7. The number of β-amino-alcohol motifs (C(OH)–C–C–N with tert-alkyl or cyclic N) is 1. The molecule has 1 aliphatic heterocycles. The van der Waals surface area contributed by atoms with E-state index in [1.54, 1.807) is 6.07 Å². The summed E-state index contributed by atoms with van der Waals surface area (Å²) in [5, 5.41) is 29.8. The molecular weight excluding hydrogens is 522 g/mol. The fourth-order valence-electron chi connectivity index (χ4n) is 3.63. The maximum Gasteiger partial charge on any atom is 0.433 e. The lowest BCUT2D eigenvalue weighted by molar-refractivity contribution is -0.141. The lowest BCUT2D eigenvalue weighted by Crippen LogP contribution is -2.44. The van der Waals surface area contributed by atoms with Crippen molar-refractivity contribution in [1.29, 1.82) is 5.26 Å². The van der Waals surface area contributed by atoms with Gasteiger partial charge in [-0.2, -0.15) is 22.7 Å². The molecule has 14 heteroatoms.